The van der Waals surface area contributed by atoms with Gasteiger partial charge in [0.1, 0.15) is 5.82 Å². The molecule has 114 valence electrons. The van der Waals surface area contributed by atoms with E-state index in [2.05, 4.69) is 9.97 Å². The summed E-state index contributed by atoms with van der Waals surface area (Å²) in [6.07, 6.45) is 0.0435. The van der Waals surface area contributed by atoms with E-state index in [0.29, 0.717) is 22.3 Å². The van der Waals surface area contributed by atoms with Gasteiger partial charge >= 0.3 is 0 Å². The van der Waals surface area contributed by atoms with E-state index in [0.717, 1.165) is 16.6 Å². The number of aromatic nitrogens is 2. The molecule has 3 rings (SSSR count). The molecule has 1 N–H and O–H groups in total. The molecule has 0 saturated heterocycles. The van der Waals surface area contributed by atoms with Crippen molar-refractivity contribution >= 4 is 22.6 Å². The van der Waals surface area contributed by atoms with Gasteiger partial charge in [0.25, 0.3) is 0 Å². The number of rotatable bonds is 4. The summed E-state index contributed by atoms with van der Waals surface area (Å²) in [4.78, 5) is 7.85. The maximum absolute atomic E-state index is 6.41. The Kier molecular flexibility index (Phi) is 3.94. The number of ether oxygens (including phenoxy) is 2. The van der Waals surface area contributed by atoms with Crippen LogP contribution < -0.4 is 9.47 Å². The minimum absolute atomic E-state index is 0.0435. The van der Waals surface area contributed by atoms with Gasteiger partial charge in [-0.05, 0) is 32.0 Å². The minimum Gasteiger partial charge on any atom is -0.493 e. The first-order valence-corrected chi connectivity index (χ1v) is 7.45. The fourth-order valence-electron chi connectivity index (χ4n) is 2.30. The third kappa shape index (κ3) is 2.74. The van der Waals surface area contributed by atoms with Crippen molar-refractivity contribution in [2.45, 2.75) is 20.0 Å². The van der Waals surface area contributed by atoms with Crippen LogP contribution in [0.4, 0.5) is 0 Å². The van der Waals surface area contributed by atoms with Gasteiger partial charge in [-0.3, -0.25) is 0 Å². The lowest BCUT2D eigenvalue weighted by Crippen LogP contribution is -2.06. The van der Waals surface area contributed by atoms with Crippen molar-refractivity contribution in [1.29, 1.82) is 0 Å². The lowest BCUT2D eigenvalue weighted by atomic mass is 10.2. The smallest absolute Gasteiger partial charge is 0.163 e. The van der Waals surface area contributed by atoms with E-state index in [9.17, 15) is 0 Å². The van der Waals surface area contributed by atoms with Gasteiger partial charge < -0.3 is 14.5 Å². The van der Waals surface area contributed by atoms with Crippen molar-refractivity contribution < 1.29 is 9.47 Å². The fraction of sp³-hybridized carbons (Fsp3) is 0.235. The number of nitrogens with one attached hydrogen (secondary N) is 1. The van der Waals surface area contributed by atoms with Crippen LogP contribution in [0.25, 0.3) is 22.4 Å². The normalized spacial score (nSPS) is 11.1. The van der Waals surface area contributed by atoms with Gasteiger partial charge in [-0.1, -0.05) is 23.7 Å². The molecule has 5 heteroatoms. The molecule has 22 heavy (non-hydrogen) atoms. The fourth-order valence-corrected chi connectivity index (χ4v) is 2.55. The van der Waals surface area contributed by atoms with E-state index in [1.807, 2.05) is 44.2 Å². The molecule has 0 spiro atoms. The third-order valence-corrected chi connectivity index (χ3v) is 3.57. The molecule has 0 atom stereocenters. The highest BCUT2D eigenvalue weighted by Gasteiger charge is 2.15. The van der Waals surface area contributed by atoms with E-state index in [1.54, 1.807) is 13.2 Å². The second kappa shape index (κ2) is 5.89. The van der Waals surface area contributed by atoms with Gasteiger partial charge in [-0.2, -0.15) is 0 Å². The van der Waals surface area contributed by atoms with Crippen LogP contribution in [-0.2, 0) is 0 Å². The molecular weight excluding hydrogens is 300 g/mol. The molecule has 0 amide bonds. The Morgan fingerprint density at radius 1 is 1.14 bits per heavy atom. The zero-order chi connectivity index (χ0) is 15.7. The monoisotopic (exact) mass is 316 g/mol. The van der Waals surface area contributed by atoms with Gasteiger partial charge in [0, 0.05) is 11.6 Å². The molecule has 2 aromatic carbocycles. The molecule has 0 fully saturated rings. The molecule has 0 unspecified atom stereocenters. The first-order chi connectivity index (χ1) is 10.6. The minimum atomic E-state index is 0.0435. The number of H-pyrrole nitrogens is 1. The summed E-state index contributed by atoms with van der Waals surface area (Å²) in [6, 6.07) is 11.5. The van der Waals surface area contributed by atoms with E-state index in [-0.39, 0.29) is 6.10 Å². The van der Waals surface area contributed by atoms with E-state index in [4.69, 9.17) is 21.1 Å². The number of hydrogen-bond acceptors (Lipinski definition) is 3. The maximum atomic E-state index is 6.41. The number of aromatic amines is 1. The number of imidazole rings is 1. The van der Waals surface area contributed by atoms with Gasteiger partial charge in [0.2, 0.25) is 0 Å². The predicted molar refractivity (Wildman–Crippen MR) is 88.9 cm³/mol. The van der Waals surface area contributed by atoms with Crippen LogP contribution in [0, 0.1) is 0 Å². The second-order valence-electron chi connectivity index (χ2n) is 5.25. The van der Waals surface area contributed by atoms with Crippen LogP contribution in [0.5, 0.6) is 11.5 Å². The molecular formula is C17H17ClN2O2. The van der Waals surface area contributed by atoms with Crippen LogP contribution in [0.2, 0.25) is 5.02 Å². The number of fused-ring (bicyclic) bond motifs is 1. The molecule has 0 aliphatic carbocycles. The highest BCUT2D eigenvalue weighted by atomic mass is 35.5. The van der Waals surface area contributed by atoms with Crippen LogP contribution in [0.3, 0.4) is 0 Å². The van der Waals surface area contributed by atoms with Crippen molar-refractivity contribution in [2.24, 2.45) is 0 Å². The van der Waals surface area contributed by atoms with E-state index < -0.39 is 0 Å². The third-order valence-electron chi connectivity index (χ3n) is 3.26. The second-order valence-corrected chi connectivity index (χ2v) is 5.66. The Labute approximate surface area is 134 Å². The Morgan fingerprint density at radius 3 is 2.59 bits per heavy atom. The molecule has 0 saturated carbocycles. The standard InChI is InChI=1S/C17H17ClN2O2/c1-10(2)22-16-9-12(18)11(8-15(16)21-3)17-19-13-6-4-5-7-14(13)20-17/h4-10H,1-3H3,(H,19,20). The SMILES string of the molecule is COc1cc(-c2nc3ccccc3[nH]2)c(Cl)cc1OC(C)C. The highest BCUT2D eigenvalue weighted by molar-refractivity contribution is 6.33. The molecule has 1 aromatic heterocycles. The number of methoxy groups -OCH3 is 1. The summed E-state index contributed by atoms with van der Waals surface area (Å²) in [5.74, 6) is 1.97. The molecule has 4 nitrogen and oxygen atoms in total. The predicted octanol–water partition coefficient (Wildman–Crippen LogP) is 4.68. The molecule has 3 aromatic rings. The average molecular weight is 317 g/mol. The van der Waals surface area contributed by atoms with Gasteiger partial charge in [-0.25, -0.2) is 4.98 Å². The zero-order valence-corrected chi connectivity index (χ0v) is 13.4. The zero-order valence-electron chi connectivity index (χ0n) is 12.7. The van der Waals surface area contributed by atoms with Gasteiger partial charge in [0.15, 0.2) is 11.5 Å². The number of halogens is 1. The Hall–Kier alpha value is -2.20. The number of benzene rings is 2. The van der Waals surface area contributed by atoms with Crippen LogP contribution in [0.1, 0.15) is 13.8 Å². The largest absolute Gasteiger partial charge is 0.493 e. The van der Waals surface area contributed by atoms with Crippen LogP contribution >= 0.6 is 11.6 Å². The maximum Gasteiger partial charge on any atom is 0.163 e. The molecule has 1 heterocycles. The molecule has 0 aliphatic heterocycles. The molecule has 0 aliphatic rings. The van der Waals surface area contributed by atoms with Crippen molar-refractivity contribution in [3.8, 4) is 22.9 Å². The van der Waals surface area contributed by atoms with Gasteiger partial charge in [0.05, 0.1) is 29.3 Å². The van der Waals surface area contributed by atoms with Crippen LogP contribution in [-0.4, -0.2) is 23.2 Å². The number of nitrogens with zero attached hydrogens (tertiary/aromatic N) is 1. The quantitative estimate of drug-likeness (QED) is 0.760. The summed E-state index contributed by atoms with van der Waals surface area (Å²) < 4.78 is 11.1. The Bertz CT molecular complexity index is 779. The first-order valence-electron chi connectivity index (χ1n) is 7.08. The summed E-state index contributed by atoms with van der Waals surface area (Å²) in [5, 5.41) is 0.565. The number of hydrogen-bond donors (Lipinski definition) is 1. The summed E-state index contributed by atoms with van der Waals surface area (Å²) in [6.45, 7) is 3.92. The van der Waals surface area contributed by atoms with E-state index >= 15 is 0 Å². The van der Waals surface area contributed by atoms with Crippen molar-refractivity contribution in [3.63, 3.8) is 0 Å². The van der Waals surface area contributed by atoms with Crippen molar-refractivity contribution in [2.75, 3.05) is 7.11 Å². The molecule has 0 bridgehead atoms. The lowest BCUT2D eigenvalue weighted by molar-refractivity contribution is 0.230. The Morgan fingerprint density at radius 2 is 1.91 bits per heavy atom. The van der Waals surface area contributed by atoms with Gasteiger partial charge in [-0.15, -0.1) is 0 Å². The summed E-state index contributed by atoms with van der Waals surface area (Å²) in [7, 11) is 1.61. The summed E-state index contributed by atoms with van der Waals surface area (Å²) >= 11 is 6.41. The first kappa shape index (κ1) is 14.7. The highest BCUT2D eigenvalue weighted by Crippen LogP contribution is 2.38. The Balaban J connectivity index is 2.10. The number of para-hydroxylation sites is 2. The van der Waals surface area contributed by atoms with Crippen molar-refractivity contribution in [3.05, 3.63) is 41.4 Å². The lowest BCUT2D eigenvalue weighted by Gasteiger charge is -2.15. The van der Waals surface area contributed by atoms with E-state index in [1.165, 1.54) is 0 Å². The topological polar surface area (TPSA) is 47.1 Å². The average Bonchev–Trinajstić information content (AvgIpc) is 2.90. The molecule has 0 radical (unpaired) electrons. The van der Waals surface area contributed by atoms with Crippen molar-refractivity contribution in [1.82, 2.24) is 9.97 Å². The van der Waals surface area contributed by atoms with Crippen LogP contribution in [0.15, 0.2) is 36.4 Å². The summed E-state index contributed by atoms with van der Waals surface area (Å²) in [5.41, 5.74) is 2.65.